The van der Waals surface area contributed by atoms with Gasteiger partial charge in [-0.05, 0) is 54.0 Å². The Morgan fingerprint density at radius 2 is 1.61 bits per heavy atom. The Morgan fingerprint density at radius 3 is 2.21 bits per heavy atom. The van der Waals surface area contributed by atoms with E-state index >= 15 is 0 Å². The molecule has 0 atom stereocenters. The Morgan fingerprint density at radius 1 is 0.939 bits per heavy atom. The summed E-state index contributed by atoms with van der Waals surface area (Å²) in [5.41, 5.74) is 9.91. The molecule has 3 N–H and O–H groups in total. The summed E-state index contributed by atoms with van der Waals surface area (Å²) in [6.07, 6.45) is 1.67. The highest BCUT2D eigenvalue weighted by molar-refractivity contribution is 6.36. The third-order valence-corrected chi connectivity index (χ3v) is 5.57. The second-order valence-corrected chi connectivity index (χ2v) is 7.43. The van der Waals surface area contributed by atoms with Crippen LogP contribution in [0, 0.1) is 0 Å². The fourth-order valence-corrected chi connectivity index (χ4v) is 3.88. The molecule has 0 saturated carbocycles. The van der Waals surface area contributed by atoms with Gasteiger partial charge in [-0.2, -0.15) is 0 Å². The molecule has 33 heavy (non-hydrogen) atoms. The lowest BCUT2D eigenvalue weighted by atomic mass is 9.94. The topological polar surface area (TPSA) is 113 Å². The zero-order valence-electron chi connectivity index (χ0n) is 18.7. The van der Waals surface area contributed by atoms with Crippen molar-refractivity contribution >= 4 is 28.8 Å². The van der Waals surface area contributed by atoms with Gasteiger partial charge in [-0.25, -0.2) is 4.98 Å². The van der Waals surface area contributed by atoms with Gasteiger partial charge >= 0.3 is 0 Å². The number of nitrogens with two attached hydrogens (primary N) is 1. The molecule has 1 aliphatic rings. The van der Waals surface area contributed by atoms with Crippen LogP contribution in [0.1, 0.15) is 28.4 Å². The fourth-order valence-electron chi connectivity index (χ4n) is 3.88. The molecule has 8 nitrogen and oxygen atoms in total. The summed E-state index contributed by atoms with van der Waals surface area (Å²) in [7, 11) is 4.64. The predicted octanol–water partition coefficient (Wildman–Crippen LogP) is 3.76. The number of ether oxygens (including phenoxy) is 3. The van der Waals surface area contributed by atoms with Crippen LogP contribution in [0.4, 0.5) is 5.82 Å². The molecule has 0 aliphatic carbocycles. The number of methoxy groups -OCH3 is 3. The van der Waals surface area contributed by atoms with Crippen molar-refractivity contribution in [2.75, 3.05) is 26.6 Å². The number of allylic oxidation sites excluding steroid dienone is 1. The number of nitrogens with one attached hydrogen (secondary N) is 1. The molecule has 168 valence electrons. The summed E-state index contributed by atoms with van der Waals surface area (Å²) >= 11 is 0. The lowest BCUT2D eigenvalue weighted by Crippen LogP contribution is -2.11. The number of amides is 2. The minimum absolute atomic E-state index is 0.262. The van der Waals surface area contributed by atoms with Crippen molar-refractivity contribution in [3.63, 3.8) is 0 Å². The molecular formula is C25H23N3O5. The summed E-state index contributed by atoms with van der Waals surface area (Å²) in [6, 6.07) is 12.4. The maximum absolute atomic E-state index is 12.8. The Hall–Kier alpha value is -4.33. The average molecular weight is 445 g/mol. The maximum Gasteiger partial charge on any atom is 0.257 e. The van der Waals surface area contributed by atoms with Gasteiger partial charge in [-0.15, -0.1) is 0 Å². The summed E-state index contributed by atoms with van der Waals surface area (Å²) in [5.74, 6) is 1.18. The van der Waals surface area contributed by atoms with E-state index < -0.39 is 5.91 Å². The number of fused-ring (bicyclic) bond motifs is 1. The van der Waals surface area contributed by atoms with E-state index in [4.69, 9.17) is 19.9 Å². The first-order valence-corrected chi connectivity index (χ1v) is 10.1. The number of nitrogens with zero attached hydrogens (tertiary/aromatic N) is 1. The number of carbonyl (C=O) groups excluding carboxylic acids is 2. The van der Waals surface area contributed by atoms with E-state index in [0.717, 1.165) is 16.7 Å². The quantitative estimate of drug-likeness (QED) is 0.559. The number of pyridine rings is 1. The Bertz CT molecular complexity index is 1290. The molecule has 1 aromatic heterocycles. The summed E-state index contributed by atoms with van der Waals surface area (Å²) in [4.78, 5) is 28.9. The molecule has 2 heterocycles. The first-order chi connectivity index (χ1) is 15.9. The molecule has 4 rings (SSSR count). The fraction of sp³-hybridized carbons (Fsp3) is 0.160. The zero-order chi connectivity index (χ0) is 23.7. The summed E-state index contributed by atoms with van der Waals surface area (Å²) < 4.78 is 16.3. The maximum atomic E-state index is 12.8. The Balaban J connectivity index is 1.86. The number of hydrogen-bond acceptors (Lipinski definition) is 6. The van der Waals surface area contributed by atoms with Crippen LogP contribution in [0.5, 0.6) is 17.2 Å². The predicted molar refractivity (Wildman–Crippen MR) is 125 cm³/mol. The van der Waals surface area contributed by atoms with Crippen LogP contribution in [-0.4, -0.2) is 38.1 Å². The first-order valence-electron chi connectivity index (χ1n) is 10.1. The van der Waals surface area contributed by atoms with Crippen LogP contribution in [0.3, 0.4) is 0 Å². The molecule has 0 spiro atoms. The number of carbonyl (C=O) groups is 2. The Labute approximate surface area is 191 Å². The van der Waals surface area contributed by atoms with Crippen molar-refractivity contribution in [3.8, 4) is 28.4 Å². The van der Waals surface area contributed by atoms with E-state index in [0.29, 0.717) is 45.3 Å². The smallest absolute Gasteiger partial charge is 0.257 e. The summed E-state index contributed by atoms with van der Waals surface area (Å²) in [5, 5.41) is 2.81. The van der Waals surface area contributed by atoms with Crippen molar-refractivity contribution in [1.82, 2.24) is 4.98 Å². The van der Waals surface area contributed by atoms with Crippen molar-refractivity contribution in [1.29, 1.82) is 0 Å². The molecule has 8 heteroatoms. The number of primary amides is 1. The third-order valence-electron chi connectivity index (χ3n) is 5.57. The van der Waals surface area contributed by atoms with Gasteiger partial charge < -0.3 is 25.3 Å². The van der Waals surface area contributed by atoms with Gasteiger partial charge in [-0.1, -0.05) is 12.1 Å². The highest BCUT2D eigenvalue weighted by atomic mass is 16.5. The van der Waals surface area contributed by atoms with Gasteiger partial charge in [-0.3, -0.25) is 9.59 Å². The molecule has 0 unspecified atom stereocenters. The van der Waals surface area contributed by atoms with Crippen LogP contribution < -0.4 is 25.3 Å². The van der Waals surface area contributed by atoms with E-state index in [1.807, 2.05) is 31.2 Å². The van der Waals surface area contributed by atoms with Gasteiger partial charge in [0.1, 0.15) is 5.82 Å². The highest BCUT2D eigenvalue weighted by Gasteiger charge is 2.28. The SMILES string of the molecule is COc1cc(-c2cnc3c(c2)/C(=C(\C)c2cccc(C(N)=O)c2)C(=O)N3)cc(OC)c1OC. The largest absolute Gasteiger partial charge is 0.493 e. The van der Waals surface area contributed by atoms with E-state index in [2.05, 4.69) is 10.3 Å². The van der Waals surface area contributed by atoms with Crippen LogP contribution in [0.15, 0.2) is 48.7 Å². The van der Waals surface area contributed by atoms with Crippen molar-refractivity contribution in [2.45, 2.75) is 6.92 Å². The zero-order valence-corrected chi connectivity index (χ0v) is 18.7. The summed E-state index contributed by atoms with van der Waals surface area (Å²) in [6.45, 7) is 1.83. The average Bonchev–Trinajstić information content (AvgIpc) is 3.17. The Kier molecular flexibility index (Phi) is 5.74. The van der Waals surface area contributed by atoms with Gasteiger partial charge in [0.15, 0.2) is 11.5 Å². The van der Waals surface area contributed by atoms with Crippen LogP contribution in [0.25, 0.3) is 22.3 Å². The van der Waals surface area contributed by atoms with E-state index in [1.54, 1.807) is 45.7 Å². The minimum atomic E-state index is -0.530. The lowest BCUT2D eigenvalue weighted by molar-refractivity contribution is -0.110. The van der Waals surface area contributed by atoms with Crippen molar-refractivity contribution in [3.05, 3.63) is 65.4 Å². The highest BCUT2D eigenvalue weighted by Crippen LogP contribution is 2.43. The molecule has 0 bridgehead atoms. The molecule has 0 radical (unpaired) electrons. The molecule has 1 aliphatic heterocycles. The number of anilines is 1. The molecule has 3 aromatic rings. The lowest BCUT2D eigenvalue weighted by Gasteiger charge is -2.14. The van der Waals surface area contributed by atoms with Crippen LogP contribution in [0.2, 0.25) is 0 Å². The van der Waals surface area contributed by atoms with Crippen molar-refractivity contribution in [2.24, 2.45) is 5.73 Å². The van der Waals surface area contributed by atoms with Gasteiger partial charge in [0.25, 0.3) is 5.91 Å². The van der Waals surface area contributed by atoms with Gasteiger partial charge in [0.2, 0.25) is 11.7 Å². The molecule has 2 amide bonds. The van der Waals surface area contributed by atoms with Crippen molar-refractivity contribution < 1.29 is 23.8 Å². The number of rotatable bonds is 6. The number of aromatic nitrogens is 1. The van der Waals surface area contributed by atoms with Gasteiger partial charge in [0, 0.05) is 22.9 Å². The molecule has 2 aromatic carbocycles. The monoisotopic (exact) mass is 445 g/mol. The van der Waals surface area contributed by atoms with Crippen LogP contribution >= 0.6 is 0 Å². The van der Waals surface area contributed by atoms with E-state index in [-0.39, 0.29) is 5.91 Å². The van der Waals surface area contributed by atoms with Gasteiger partial charge in [0.05, 0.1) is 26.9 Å². The van der Waals surface area contributed by atoms with Crippen LogP contribution in [-0.2, 0) is 4.79 Å². The van der Waals surface area contributed by atoms with E-state index in [9.17, 15) is 9.59 Å². The molecular weight excluding hydrogens is 422 g/mol. The second kappa shape index (κ2) is 8.66. The standard InChI is InChI=1S/C25H23N3O5/c1-13(14-6-5-7-15(8-14)23(26)29)21-18-9-17(12-27-24(18)28-25(21)30)16-10-19(31-2)22(33-4)20(11-16)32-3/h5-12H,1-4H3,(H2,26,29)(H,27,28,30)/b21-13-. The number of hydrogen-bond donors (Lipinski definition) is 2. The molecule has 0 saturated heterocycles. The van der Waals surface area contributed by atoms with E-state index in [1.165, 1.54) is 0 Å². The normalized spacial score (nSPS) is 13.8. The minimum Gasteiger partial charge on any atom is -0.493 e. The third kappa shape index (κ3) is 3.87. The first kappa shape index (κ1) is 21.9. The molecule has 0 fully saturated rings. The number of benzene rings is 2. The second-order valence-electron chi connectivity index (χ2n) is 7.43.